The fourth-order valence-corrected chi connectivity index (χ4v) is 2.09. The van der Waals surface area contributed by atoms with E-state index in [-0.39, 0.29) is 5.92 Å². The van der Waals surface area contributed by atoms with Crippen LogP contribution in [0, 0.1) is 5.92 Å². The van der Waals surface area contributed by atoms with E-state index in [4.69, 9.17) is 9.47 Å². The van der Waals surface area contributed by atoms with Crippen LogP contribution >= 0.6 is 0 Å². The van der Waals surface area contributed by atoms with Gasteiger partial charge in [-0.1, -0.05) is 6.92 Å². The fraction of sp³-hybridized carbons (Fsp3) is 0.923. The Bertz CT molecular complexity index is 233. The third-order valence-corrected chi connectivity index (χ3v) is 3.52. The van der Waals surface area contributed by atoms with Crippen LogP contribution in [0.1, 0.15) is 26.7 Å². The molecule has 17 heavy (non-hydrogen) atoms. The molecular weight excluding hydrogens is 218 g/mol. The van der Waals surface area contributed by atoms with Crippen LogP contribution in [0.25, 0.3) is 0 Å². The zero-order valence-electron chi connectivity index (χ0n) is 11.3. The Morgan fingerprint density at radius 2 is 2.35 bits per heavy atom. The number of carbonyl (C=O) groups is 1. The van der Waals surface area contributed by atoms with Crippen LogP contribution in [0.5, 0.6) is 0 Å². The lowest BCUT2D eigenvalue weighted by atomic mass is 9.99. The van der Waals surface area contributed by atoms with Crippen molar-refractivity contribution in [2.75, 3.05) is 40.0 Å². The molecule has 0 radical (unpaired) electrons. The van der Waals surface area contributed by atoms with Gasteiger partial charge in [0.1, 0.15) is 5.78 Å². The molecule has 2 unspecified atom stereocenters. The lowest BCUT2D eigenvalue weighted by Gasteiger charge is -2.32. The maximum absolute atomic E-state index is 11.8. The summed E-state index contributed by atoms with van der Waals surface area (Å²) in [6, 6.07) is 0.486. The van der Waals surface area contributed by atoms with E-state index in [1.165, 1.54) is 0 Å². The van der Waals surface area contributed by atoms with E-state index in [0.717, 1.165) is 19.5 Å². The predicted molar refractivity (Wildman–Crippen MR) is 67.1 cm³/mol. The Labute approximate surface area is 104 Å². The summed E-state index contributed by atoms with van der Waals surface area (Å²) in [5, 5.41) is 0. The van der Waals surface area contributed by atoms with Crippen molar-refractivity contribution in [3.8, 4) is 0 Å². The molecule has 0 saturated carbocycles. The highest BCUT2D eigenvalue weighted by Gasteiger charge is 2.26. The van der Waals surface area contributed by atoms with Crippen molar-refractivity contribution in [3.63, 3.8) is 0 Å². The average Bonchev–Trinajstić information content (AvgIpc) is 2.35. The number of methoxy groups -OCH3 is 1. The first-order valence-corrected chi connectivity index (χ1v) is 6.52. The molecule has 2 atom stereocenters. The Morgan fingerprint density at radius 1 is 1.59 bits per heavy atom. The lowest BCUT2D eigenvalue weighted by Crippen LogP contribution is -2.43. The second kappa shape index (κ2) is 7.80. The number of ketones is 1. The van der Waals surface area contributed by atoms with Crippen molar-refractivity contribution in [2.24, 2.45) is 5.92 Å². The summed E-state index contributed by atoms with van der Waals surface area (Å²) in [4.78, 5) is 14.1. The third kappa shape index (κ3) is 4.74. The Kier molecular flexibility index (Phi) is 6.70. The smallest absolute Gasteiger partial charge is 0.141 e. The summed E-state index contributed by atoms with van der Waals surface area (Å²) in [5.74, 6) is 0.400. The van der Waals surface area contributed by atoms with Gasteiger partial charge in [-0.2, -0.15) is 0 Å². The van der Waals surface area contributed by atoms with Gasteiger partial charge in [0.05, 0.1) is 25.7 Å². The van der Waals surface area contributed by atoms with Gasteiger partial charge in [-0.05, 0) is 13.3 Å². The minimum atomic E-state index is 0.0506. The van der Waals surface area contributed by atoms with E-state index in [0.29, 0.717) is 38.1 Å². The van der Waals surface area contributed by atoms with Gasteiger partial charge in [0.15, 0.2) is 0 Å². The van der Waals surface area contributed by atoms with Crippen molar-refractivity contribution in [3.05, 3.63) is 0 Å². The topological polar surface area (TPSA) is 38.8 Å². The first kappa shape index (κ1) is 14.6. The molecule has 0 amide bonds. The molecule has 1 saturated heterocycles. The Hall–Kier alpha value is -0.450. The van der Waals surface area contributed by atoms with E-state index in [9.17, 15) is 4.79 Å². The van der Waals surface area contributed by atoms with Crippen molar-refractivity contribution in [1.29, 1.82) is 0 Å². The maximum Gasteiger partial charge on any atom is 0.141 e. The first-order chi connectivity index (χ1) is 8.19. The van der Waals surface area contributed by atoms with Crippen LogP contribution in [0.3, 0.4) is 0 Å². The number of carbonyl (C=O) groups excluding carboxylic acids is 1. The molecule has 0 N–H and O–H groups in total. The third-order valence-electron chi connectivity index (χ3n) is 3.52. The molecular formula is C13H25NO3. The summed E-state index contributed by atoms with van der Waals surface area (Å²) in [5.41, 5.74) is 0. The van der Waals surface area contributed by atoms with Crippen LogP contribution in [-0.4, -0.2) is 56.7 Å². The molecule has 100 valence electrons. The maximum atomic E-state index is 11.8. The van der Waals surface area contributed by atoms with Crippen molar-refractivity contribution in [2.45, 2.75) is 32.7 Å². The minimum Gasteiger partial charge on any atom is -0.383 e. The van der Waals surface area contributed by atoms with Gasteiger partial charge in [0.2, 0.25) is 0 Å². The van der Waals surface area contributed by atoms with Crippen LogP contribution in [0.4, 0.5) is 0 Å². The number of hydrogen-bond donors (Lipinski definition) is 0. The molecule has 0 spiro atoms. The quantitative estimate of drug-likeness (QED) is 0.676. The van der Waals surface area contributed by atoms with Crippen molar-refractivity contribution >= 4 is 5.78 Å². The number of rotatable bonds is 7. The van der Waals surface area contributed by atoms with Crippen LogP contribution in [-0.2, 0) is 14.3 Å². The SMILES string of the molecule is CCC(C)N(CCOC)CC1COCCC1=O. The van der Waals surface area contributed by atoms with Gasteiger partial charge in [-0.25, -0.2) is 0 Å². The summed E-state index contributed by atoms with van der Waals surface area (Å²) < 4.78 is 10.5. The second-order valence-corrected chi connectivity index (χ2v) is 4.73. The summed E-state index contributed by atoms with van der Waals surface area (Å²) in [6.45, 7) is 7.95. The van der Waals surface area contributed by atoms with E-state index >= 15 is 0 Å². The zero-order valence-corrected chi connectivity index (χ0v) is 11.3. The molecule has 1 aliphatic rings. The number of Topliss-reactive ketones (excluding diaryl/α,β-unsaturated/α-hetero) is 1. The van der Waals surface area contributed by atoms with E-state index in [1.54, 1.807) is 7.11 Å². The Balaban J connectivity index is 2.48. The molecule has 0 aliphatic carbocycles. The predicted octanol–water partition coefficient (Wildman–Crippen LogP) is 1.34. The van der Waals surface area contributed by atoms with Gasteiger partial charge < -0.3 is 9.47 Å². The first-order valence-electron chi connectivity index (χ1n) is 6.52. The molecule has 4 heteroatoms. The average molecular weight is 243 g/mol. The molecule has 0 bridgehead atoms. The van der Waals surface area contributed by atoms with Gasteiger partial charge >= 0.3 is 0 Å². The highest BCUT2D eigenvalue weighted by atomic mass is 16.5. The number of nitrogens with zero attached hydrogens (tertiary/aromatic N) is 1. The molecule has 1 aliphatic heterocycles. The number of hydrogen-bond acceptors (Lipinski definition) is 4. The molecule has 0 aromatic rings. The van der Waals surface area contributed by atoms with E-state index in [2.05, 4.69) is 18.7 Å². The van der Waals surface area contributed by atoms with Crippen molar-refractivity contribution < 1.29 is 14.3 Å². The Morgan fingerprint density at radius 3 is 2.94 bits per heavy atom. The van der Waals surface area contributed by atoms with Crippen LogP contribution in [0.2, 0.25) is 0 Å². The summed E-state index contributed by atoms with van der Waals surface area (Å²) >= 11 is 0. The molecule has 1 heterocycles. The van der Waals surface area contributed by atoms with Gasteiger partial charge in [-0.15, -0.1) is 0 Å². The fourth-order valence-electron chi connectivity index (χ4n) is 2.09. The van der Waals surface area contributed by atoms with Crippen LogP contribution in [0.15, 0.2) is 0 Å². The monoisotopic (exact) mass is 243 g/mol. The molecule has 4 nitrogen and oxygen atoms in total. The zero-order chi connectivity index (χ0) is 12.7. The van der Waals surface area contributed by atoms with Crippen molar-refractivity contribution in [1.82, 2.24) is 4.90 Å². The minimum absolute atomic E-state index is 0.0506. The molecule has 0 aromatic heterocycles. The molecule has 1 rings (SSSR count). The standard InChI is InChI=1S/C13H25NO3/c1-4-11(2)14(6-8-16-3)9-12-10-17-7-5-13(12)15/h11-12H,4-10H2,1-3H3. The normalized spacial score (nSPS) is 23.1. The lowest BCUT2D eigenvalue weighted by molar-refractivity contribution is -0.131. The summed E-state index contributed by atoms with van der Waals surface area (Å²) in [6.07, 6.45) is 1.66. The van der Waals surface area contributed by atoms with Gasteiger partial charge in [0, 0.05) is 32.7 Å². The number of ether oxygens (including phenoxy) is 2. The molecule has 0 aromatic carbocycles. The van der Waals surface area contributed by atoms with Gasteiger partial charge in [-0.3, -0.25) is 9.69 Å². The largest absolute Gasteiger partial charge is 0.383 e. The highest BCUT2D eigenvalue weighted by molar-refractivity contribution is 5.82. The summed E-state index contributed by atoms with van der Waals surface area (Å²) in [7, 11) is 1.71. The van der Waals surface area contributed by atoms with E-state index < -0.39 is 0 Å². The van der Waals surface area contributed by atoms with Crippen LogP contribution < -0.4 is 0 Å². The van der Waals surface area contributed by atoms with E-state index in [1.807, 2.05) is 0 Å². The molecule has 1 fully saturated rings. The second-order valence-electron chi connectivity index (χ2n) is 4.73. The van der Waals surface area contributed by atoms with Gasteiger partial charge in [0.25, 0.3) is 0 Å². The highest BCUT2D eigenvalue weighted by Crippen LogP contribution is 2.14.